The van der Waals surface area contributed by atoms with E-state index >= 15 is 4.39 Å². The number of amides is 8. The maximum atomic E-state index is 15.5. The number of carbonyl (C=O) groups is 9. The fourth-order valence-corrected chi connectivity index (χ4v) is 10.1. The van der Waals surface area contributed by atoms with Crippen molar-refractivity contribution in [3.63, 3.8) is 0 Å². The van der Waals surface area contributed by atoms with E-state index in [-0.39, 0.29) is 61.9 Å². The molecule has 8 rings (SSSR count). The lowest BCUT2D eigenvalue weighted by molar-refractivity contribution is -0.172. The van der Waals surface area contributed by atoms with E-state index in [4.69, 9.17) is 14.5 Å². The standard InChI is InChI=1S/C53H58FN9O13/c1-4-53(74)34-20-38-48-32(25-63(38)50(72)33(34)26-76-51(53)73)47-46-31(29(2)35(54)21-36(46)60-48)16-17-52(47,3)61-43(68)27-75-28-58-41(66)23-57-49(71)37(19-30-11-7-5-8-12-30)59-42(67)24-56-40(65)22-55-39(64)13-9-6-10-18-62-44(69)14-15-45(62)70/h5,7-8,11-12,14-15,20-21,37,74H,4,6,9-10,13,16-19,22-28H2,1-3H3,(H,55,64)(H,56,65)(H,57,71)(H,58,66)(H,59,67)(H,61,68)/t37-,52-,53-/m0/s1. The number of imide groups is 1. The van der Waals surface area contributed by atoms with E-state index in [2.05, 4.69) is 31.9 Å². The molecule has 7 N–H and O–H groups in total. The summed E-state index contributed by atoms with van der Waals surface area (Å²) in [5.41, 5.74) is 0.657. The lowest BCUT2D eigenvalue weighted by Crippen LogP contribution is -2.52. The number of aryl methyl sites for hydroxylation is 1. The van der Waals surface area contributed by atoms with Crippen LogP contribution in [0.3, 0.4) is 0 Å². The van der Waals surface area contributed by atoms with E-state index in [1.807, 2.05) is 6.92 Å². The molecule has 2 aromatic carbocycles. The van der Waals surface area contributed by atoms with Crippen LogP contribution in [0.5, 0.6) is 0 Å². The van der Waals surface area contributed by atoms with Crippen molar-refractivity contribution >= 4 is 64.1 Å². The molecule has 5 heterocycles. The van der Waals surface area contributed by atoms with Crippen LogP contribution < -0.4 is 37.5 Å². The third-order valence-electron chi connectivity index (χ3n) is 14.2. The van der Waals surface area contributed by atoms with Crippen molar-refractivity contribution in [1.82, 2.24) is 46.4 Å². The molecule has 76 heavy (non-hydrogen) atoms. The van der Waals surface area contributed by atoms with Crippen LogP contribution in [0.4, 0.5) is 4.39 Å². The fraction of sp³-hybridized carbons (Fsp3) is 0.415. The van der Waals surface area contributed by atoms with Crippen molar-refractivity contribution < 1.29 is 62.1 Å². The smallest absolute Gasteiger partial charge is 0.343 e. The predicted molar refractivity (Wildman–Crippen MR) is 267 cm³/mol. The molecule has 3 aliphatic heterocycles. The highest BCUT2D eigenvalue weighted by atomic mass is 19.1. The summed E-state index contributed by atoms with van der Waals surface area (Å²) >= 11 is 0. The number of esters is 1. The quantitative estimate of drug-likeness (QED) is 0.0215. The van der Waals surface area contributed by atoms with E-state index in [1.54, 1.807) is 50.2 Å². The molecular weight excluding hydrogens is 990 g/mol. The summed E-state index contributed by atoms with van der Waals surface area (Å²) in [5, 5.41) is 27.5. The average Bonchev–Trinajstić information content (AvgIpc) is 4.00. The van der Waals surface area contributed by atoms with E-state index < -0.39 is 103 Å². The van der Waals surface area contributed by atoms with Gasteiger partial charge in [-0.1, -0.05) is 43.7 Å². The summed E-state index contributed by atoms with van der Waals surface area (Å²) < 4.78 is 27.7. The summed E-state index contributed by atoms with van der Waals surface area (Å²) in [6, 6.07) is 10.5. The van der Waals surface area contributed by atoms with Crippen LogP contribution in [0.1, 0.15) is 91.3 Å². The highest BCUT2D eigenvalue weighted by molar-refractivity contribution is 6.12. The van der Waals surface area contributed by atoms with E-state index in [1.165, 1.54) is 22.8 Å². The number of cyclic esters (lactones) is 1. The maximum Gasteiger partial charge on any atom is 0.343 e. The molecule has 0 saturated carbocycles. The largest absolute Gasteiger partial charge is 0.458 e. The molecule has 1 aliphatic carbocycles. The number of fused-ring (bicyclic) bond motifs is 5. The molecule has 22 nitrogen and oxygen atoms in total. The first kappa shape index (κ1) is 54.1. The zero-order valence-corrected chi connectivity index (χ0v) is 42.2. The van der Waals surface area contributed by atoms with Gasteiger partial charge < -0.3 is 51.0 Å². The molecule has 8 amide bonds. The number of aromatic nitrogens is 2. The topological polar surface area (TPSA) is 303 Å². The Labute approximate surface area is 434 Å². The zero-order chi connectivity index (χ0) is 54.5. The highest BCUT2D eigenvalue weighted by Gasteiger charge is 2.47. The molecule has 0 spiro atoms. The minimum absolute atomic E-state index is 0.0345. The molecule has 4 aliphatic rings. The number of benzene rings is 2. The Bertz CT molecular complexity index is 3140. The van der Waals surface area contributed by atoms with Gasteiger partial charge in [0, 0.05) is 54.1 Å². The number of hydrogen-bond acceptors (Lipinski definition) is 14. The Morgan fingerprint density at radius 3 is 2.29 bits per heavy atom. The van der Waals surface area contributed by atoms with Gasteiger partial charge in [0.25, 0.3) is 17.4 Å². The maximum absolute atomic E-state index is 15.5. The first-order valence-electron chi connectivity index (χ1n) is 25.0. The lowest BCUT2D eigenvalue weighted by atomic mass is 9.74. The monoisotopic (exact) mass is 1050 g/mol. The predicted octanol–water partition coefficient (Wildman–Crippen LogP) is 0.457. The van der Waals surface area contributed by atoms with Crippen molar-refractivity contribution in [2.24, 2.45) is 0 Å². The average molecular weight is 1050 g/mol. The fourth-order valence-electron chi connectivity index (χ4n) is 10.1. The van der Waals surface area contributed by atoms with Gasteiger partial charge in [0.2, 0.25) is 35.4 Å². The summed E-state index contributed by atoms with van der Waals surface area (Å²) in [7, 11) is 0. The number of nitrogens with one attached hydrogen (secondary N) is 6. The van der Waals surface area contributed by atoms with E-state index in [0.29, 0.717) is 82.2 Å². The number of rotatable bonds is 22. The number of hydrogen-bond donors (Lipinski definition) is 7. The molecule has 400 valence electrons. The van der Waals surface area contributed by atoms with Crippen LogP contribution in [-0.4, -0.2) is 118 Å². The van der Waals surface area contributed by atoms with E-state index in [9.17, 15) is 53.1 Å². The Morgan fingerprint density at radius 2 is 1.55 bits per heavy atom. The number of ether oxygens (including phenoxy) is 2. The molecule has 0 bridgehead atoms. The van der Waals surface area contributed by atoms with Crippen LogP contribution >= 0.6 is 0 Å². The number of carbonyl (C=O) groups excluding carboxylic acids is 9. The zero-order valence-electron chi connectivity index (χ0n) is 42.2. The van der Waals surface area contributed by atoms with Gasteiger partial charge in [0.15, 0.2) is 5.60 Å². The molecule has 3 atom stereocenters. The van der Waals surface area contributed by atoms with Gasteiger partial charge in [-0.15, -0.1) is 0 Å². The second-order valence-corrected chi connectivity index (χ2v) is 19.3. The minimum atomic E-state index is -2.06. The number of pyridine rings is 2. The molecule has 23 heteroatoms. The van der Waals surface area contributed by atoms with Crippen molar-refractivity contribution in [1.29, 1.82) is 0 Å². The summed E-state index contributed by atoms with van der Waals surface area (Å²) in [6.45, 7) is 2.65. The van der Waals surface area contributed by atoms with E-state index in [0.717, 1.165) is 4.90 Å². The first-order chi connectivity index (χ1) is 36.3. The van der Waals surface area contributed by atoms with Gasteiger partial charge in [0.05, 0.1) is 54.2 Å². The second kappa shape index (κ2) is 22.7. The van der Waals surface area contributed by atoms with Crippen LogP contribution in [0.25, 0.3) is 22.3 Å². The van der Waals surface area contributed by atoms with Gasteiger partial charge in [0.1, 0.15) is 31.8 Å². The molecule has 2 aromatic heterocycles. The lowest BCUT2D eigenvalue weighted by Gasteiger charge is -2.38. The molecule has 0 radical (unpaired) electrons. The van der Waals surface area contributed by atoms with Crippen LogP contribution in [0.2, 0.25) is 0 Å². The Balaban J connectivity index is 0.818. The molecule has 0 saturated heterocycles. The molecule has 0 unspecified atom stereocenters. The number of aliphatic hydroxyl groups is 1. The van der Waals surface area contributed by atoms with Crippen molar-refractivity contribution in [2.45, 2.75) is 102 Å². The molecule has 4 aromatic rings. The third-order valence-corrected chi connectivity index (χ3v) is 14.2. The Morgan fingerprint density at radius 1 is 0.855 bits per heavy atom. The van der Waals surface area contributed by atoms with Crippen LogP contribution in [0, 0.1) is 12.7 Å². The van der Waals surface area contributed by atoms with Crippen molar-refractivity contribution in [2.75, 3.05) is 39.5 Å². The number of unbranched alkanes of at least 4 members (excludes halogenated alkanes) is 2. The Hall–Kier alpha value is -8.18. The van der Waals surface area contributed by atoms with Crippen LogP contribution in [0.15, 0.2) is 59.4 Å². The number of halogens is 1. The van der Waals surface area contributed by atoms with Crippen molar-refractivity contribution in [3.8, 4) is 11.4 Å². The van der Waals surface area contributed by atoms with Crippen LogP contribution in [-0.2, 0) is 89.8 Å². The molecular formula is C53H58FN9O13. The third kappa shape index (κ3) is 11.4. The minimum Gasteiger partial charge on any atom is -0.458 e. The van der Waals surface area contributed by atoms with Gasteiger partial charge in [-0.05, 0) is 74.3 Å². The number of nitrogens with zero attached hydrogens (tertiary/aromatic N) is 3. The summed E-state index contributed by atoms with van der Waals surface area (Å²) in [5.74, 6) is -5.82. The highest BCUT2D eigenvalue weighted by Crippen LogP contribution is 2.48. The van der Waals surface area contributed by atoms with Gasteiger partial charge >= 0.3 is 5.97 Å². The van der Waals surface area contributed by atoms with Gasteiger partial charge in [-0.3, -0.25) is 48.1 Å². The van der Waals surface area contributed by atoms with Gasteiger partial charge in [-0.25, -0.2) is 14.2 Å². The summed E-state index contributed by atoms with van der Waals surface area (Å²) in [4.78, 5) is 134. The normalized spacial score (nSPS) is 18.3. The second-order valence-electron chi connectivity index (χ2n) is 19.3. The Kier molecular flexibility index (Phi) is 16.2. The van der Waals surface area contributed by atoms with Crippen molar-refractivity contribution in [3.05, 3.63) is 110 Å². The van der Waals surface area contributed by atoms with Gasteiger partial charge in [-0.2, -0.15) is 0 Å². The summed E-state index contributed by atoms with van der Waals surface area (Å²) in [6.07, 6.45) is 4.75. The first-order valence-corrected chi connectivity index (χ1v) is 25.0. The SMILES string of the molecule is CC[C@@]1(O)C(=O)OCc2c1cc1n(c2=O)Cc2c-1nc1cc(F)c(C)c3c1c2[C@@](C)(NC(=O)COCNC(=O)CNC(=O)[C@H](Cc1ccccc1)NC(=O)CNC(=O)CNC(=O)CCCCCN1C(=O)C=CC1=O)CC3. The molecule has 0 fully saturated rings.